The van der Waals surface area contributed by atoms with Gasteiger partial charge in [0.2, 0.25) is 0 Å². The number of piperidine rings is 1. The van der Waals surface area contributed by atoms with Crippen LogP contribution in [-0.2, 0) is 9.53 Å². The van der Waals surface area contributed by atoms with Gasteiger partial charge in [0.1, 0.15) is 5.82 Å². The molecule has 2 unspecified atom stereocenters. The smallest absolute Gasteiger partial charge is 0.310 e. The molecule has 1 aromatic carbocycles. The summed E-state index contributed by atoms with van der Waals surface area (Å²) in [6.45, 7) is 1.35. The number of nitrogens with one attached hydrogen (secondary N) is 1. The van der Waals surface area contributed by atoms with Crippen LogP contribution in [0, 0.1) is 11.7 Å². The zero-order valence-electron chi connectivity index (χ0n) is 10.2. The number of carbonyl (C=O) groups is 1. The van der Waals surface area contributed by atoms with Gasteiger partial charge < -0.3 is 10.1 Å². The number of ether oxygens (including phenoxy) is 1. The predicted molar refractivity (Wildman–Crippen MR) is 69.4 cm³/mol. The first kappa shape index (κ1) is 14.9. The molecule has 1 N–H and O–H groups in total. The molecule has 0 amide bonds. The molecule has 1 fully saturated rings. The largest absolute Gasteiger partial charge is 0.469 e. The van der Waals surface area contributed by atoms with E-state index in [1.54, 1.807) is 18.2 Å². The van der Waals surface area contributed by atoms with Gasteiger partial charge in [-0.25, -0.2) is 4.39 Å². The van der Waals surface area contributed by atoms with Crippen LogP contribution in [-0.4, -0.2) is 26.2 Å². The number of methoxy groups -OCH3 is 1. The van der Waals surface area contributed by atoms with Gasteiger partial charge in [0.05, 0.1) is 13.0 Å². The zero-order valence-corrected chi connectivity index (χ0v) is 11.0. The lowest BCUT2D eigenvalue weighted by Gasteiger charge is -2.30. The van der Waals surface area contributed by atoms with E-state index in [1.807, 2.05) is 0 Å². The van der Waals surface area contributed by atoms with E-state index in [4.69, 9.17) is 4.74 Å². The van der Waals surface area contributed by atoms with Gasteiger partial charge in [0.15, 0.2) is 0 Å². The number of esters is 1. The summed E-state index contributed by atoms with van der Waals surface area (Å²) < 4.78 is 18.5. The van der Waals surface area contributed by atoms with Gasteiger partial charge in [0.25, 0.3) is 0 Å². The lowest BCUT2D eigenvalue weighted by atomic mass is 9.81. The minimum atomic E-state index is -0.300. The van der Waals surface area contributed by atoms with Gasteiger partial charge in [-0.2, -0.15) is 0 Å². The Morgan fingerprint density at radius 2 is 2.17 bits per heavy atom. The number of carbonyl (C=O) groups excluding carboxylic acids is 1. The molecule has 1 heterocycles. The summed E-state index contributed by atoms with van der Waals surface area (Å²) in [5, 5.41) is 3.15. The molecule has 0 aliphatic carbocycles. The first-order chi connectivity index (χ1) is 8.24. The monoisotopic (exact) mass is 273 g/mol. The highest BCUT2D eigenvalue weighted by Crippen LogP contribution is 2.32. The van der Waals surface area contributed by atoms with E-state index in [1.165, 1.54) is 13.2 Å². The maximum Gasteiger partial charge on any atom is 0.310 e. The topological polar surface area (TPSA) is 38.3 Å². The lowest BCUT2D eigenvalue weighted by Crippen LogP contribution is -2.40. The number of rotatable bonds is 2. The highest BCUT2D eigenvalue weighted by Gasteiger charge is 2.33. The Labute approximate surface area is 112 Å². The van der Waals surface area contributed by atoms with Crippen LogP contribution in [0.3, 0.4) is 0 Å². The van der Waals surface area contributed by atoms with Crippen LogP contribution in [0.5, 0.6) is 0 Å². The summed E-state index contributed by atoms with van der Waals surface area (Å²) in [6, 6.07) is 6.65. The van der Waals surface area contributed by atoms with Crippen molar-refractivity contribution in [2.24, 2.45) is 5.92 Å². The standard InChI is InChI=1S/C13H16FNO2.ClH/c1-17-13(16)11-8-15-7-6-9(11)10-4-2-3-5-12(10)14;/h2-5,9,11,15H,6-8H2,1H3;1H. The van der Waals surface area contributed by atoms with Crippen molar-refractivity contribution in [3.8, 4) is 0 Å². The van der Waals surface area contributed by atoms with Crippen LogP contribution in [0.15, 0.2) is 24.3 Å². The Hall–Kier alpha value is -1.13. The fraction of sp³-hybridized carbons (Fsp3) is 0.462. The van der Waals surface area contributed by atoms with Crippen molar-refractivity contribution in [1.29, 1.82) is 0 Å². The molecule has 1 aromatic rings. The van der Waals surface area contributed by atoms with Crippen LogP contribution in [0.1, 0.15) is 17.9 Å². The second-order valence-corrected chi connectivity index (χ2v) is 4.25. The highest BCUT2D eigenvalue weighted by molar-refractivity contribution is 5.85. The molecule has 0 aromatic heterocycles. The second-order valence-electron chi connectivity index (χ2n) is 4.25. The van der Waals surface area contributed by atoms with Crippen LogP contribution in [0.4, 0.5) is 4.39 Å². The average molecular weight is 274 g/mol. The molecular weight excluding hydrogens is 257 g/mol. The molecule has 100 valence electrons. The van der Waals surface area contributed by atoms with Gasteiger partial charge in [-0.3, -0.25) is 4.79 Å². The SMILES string of the molecule is COC(=O)C1CNCCC1c1ccccc1F.Cl. The molecule has 1 aliphatic rings. The van der Waals surface area contributed by atoms with E-state index in [-0.39, 0.29) is 36.0 Å². The molecule has 2 atom stereocenters. The molecule has 1 aliphatic heterocycles. The molecule has 0 saturated carbocycles. The summed E-state index contributed by atoms with van der Waals surface area (Å²) in [5.74, 6) is -0.908. The maximum absolute atomic E-state index is 13.7. The van der Waals surface area contributed by atoms with Crippen LogP contribution in [0.25, 0.3) is 0 Å². The van der Waals surface area contributed by atoms with E-state index in [2.05, 4.69) is 5.32 Å². The average Bonchev–Trinajstić information content (AvgIpc) is 2.38. The molecule has 3 nitrogen and oxygen atoms in total. The number of benzene rings is 1. The molecule has 0 bridgehead atoms. The van der Waals surface area contributed by atoms with Gasteiger partial charge in [-0.15, -0.1) is 12.4 Å². The summed E-state index contributed by atoms with van der Waals surface area (Å²) in [7, 11) is 1.37. The van der Waals surface area contributed by atoms with Crippen LogP contribution < -0.4 is 5.32 Å². The molecule has 18 heavy (non-hydrogen) atoms. The molecule has 1 saturated heterocycles. The van der Waals surface area contributed by atoms with Gasteiger partial charge in [-0.05, 0) is 24.6 Å². The fourth-order valence-corrected chi connectivity index (χ4v) is 2.41. The Kier molecular flexibility index (Phi) is 5.56. The molecule has 5 heteroatoms. The first-order valence-electron chi connectivity index (χ1n) is 5.77. The van der Waals surface area contributed by atoms with Gasteiger partial charge >= 0.3 is 5.97 Å². The van der Waals surface area contributed by atoms with Crippen LogP contribution in [0.2, 0.25) is 0 Å². The predicted octanol–water partition coefficient (Wildman–Crippen LogP) is 2.11. The Balaban J connectivity index is 0.00000162. The summed E-state index contributed by atoms with van der Waals surface area (Å²) in [6.07, 6.45) is 0.751. The summed E-state index contributed by atoms with van der Waals surface area (Å²) in [5.41, 5.74) is 0.615. The van der Waals surface area contributed by atoms with E-state index >= 15 is 0 Å². The second kappa shape index (κ2) is 6.71. The summed E-state index contributed by atoms with van der Waals surface area (Å²) in [4.78, 5) is 11.7. The number of halogens is 2. The van der Waals surface area contributed by atoms with Gasteiger partial charge in [0, 0.05) is 12.5 Å². The Bertz CT molecular complexity index is 414. The summed E-state index contributed by atoms with van der Waals surface area (Å²) >= 11 is 0. The van der Waals surface area contributed by atoms with Crippen molar-refractivity contribution >= 4 is 18.4 Å². The molecule has 0 radical (unpaired) electrons. The van der Waals surface area contributed by atoms with E-state index in [0.717, 1.165) is 13.0 Å². The normalized spacial score (nSPS) is 23.0. The highest BCUT2D eigenvalue weighted by atomic mass is 35.5. The van der Waals surface area contributed by atoms with E-state index in [0.29, 0.717) is 12.1 Å². The third kappa shape index (κ3) is 3.00. The lowest BCUT2D eigenvalue weighted by molar-refractivity contribution is -0.146. The van der Waals surface area contributed by atoms with Crippen molar-refractivity contribution in [2.45, 2.75) is 12.3 Å². The van der Waals surface area contributed by atoms with Crippen molar-refractivity contribution in [3.63, 3.8) is 0 Å². The first-order valence-corrected chi connectivity index (χ1v) is 5.77. The molecule has 2 rings (SSSR count). The van der Waals surface area contributed by atoms with Crippen LogP contribution >= 0.6 is 12.4 Å². The third-order valence-corrected chi connectivity index (χ3v) is 3.29. The minimum absolute atomic E-state index is 0. The Morgan fingerprint density at radius 3 is 2.83 bits per heavy atom. The van der Waals surface area contributed by atoms with E-state index in [9.17, 15) is 9.18 Å². The van der Waals surface area contributed by atoms with Crippen molar-refractivity contribution in [2.75, 3.05) is 20.2 Å². The van der Waals surface area contributed by atoms with Crippen molar-refractivity contribution in [1.82, 2.24) is 5.32 Å². The maximum atomic E-state index is 13.7. The fourth-order valence-electron chi connectivity index (χ4n) is 2.41. The number of hydrogen-bond donors (Lipinski definition) is 1. The van der Waals surface area contributed by atoms with Crippen molar-refractivity contribution < 1.29 is 13.9 Å². The third-order valence-electron chi connectivity index (χ3n) is 3.29. The quantitative estimate of drug-likeness (QED) is 0.839. The van der Waals surface area contributed by atoms with Crippen molar-refractivity contribution in [3.05, 3.63) is 35.6 Å². The van der Waals surface area contributed by atoms with Gasteiger partial charge in [-0.1, -0.05) is 18.2 Å². The Morgan fingerprint density at radius 1 is 1.44 bits per heavy atom. The van der Waals surface area contributed by atoms with E-state index < -0.39 is 0 Å². The molecule has 0 spiro atoms. The minimum Gasteiger partial charge on any atom is -0.469 e. The zero-order chi connectivity index (χ0) is 12.3. The molecular formula is C13H17ClFNO2. The number of hydrogen-bond acceptors (Lipinski definition) is 3.